The first-order valence-electron chi connectivity index (χ1n) is 11.2. The second kappa shape index (κ2) is 12.2. The molecule has 0 unspecified atom stereocenters. The van der Waals surface area contributed by atoms with Crippen molar-refractivity contribution in [2.75, 3.05) is 18.9 Å². The quantitative estimate of drug-likeness (QED) is 0.273. The molecule has 1 aromatic carbocycles. The van der Waals surface area contributed by atoms with Gasteiger partial charge in [0.1, 0.15) is 37.2 Å². The van der Waals surface area contributed by atoms with Crippen molar-refractivity contribution in [2.45, 2.75) is 71.0 Å². The highest BCUT2D eigenvalue weighted by Crippen LogP contribution is 2.32. The Kier molecular flexibility index (Phi) is 9.83. The topological polar surface area (TPSA) is 175 Å². The maximum atomic E-state index is 12.6. The Morgan fingerprint density at radius 2 is 1.74 bits per heavy atom. The molecule has 1 aliphatic rings. The zero-order valence-electron chi connectivity index (χ0n) is 20.4. The molecule has 2 rings (SSSR count). The zero-order valence-corrected chi connectivity index (χ0v) is 20.4. The molecule has 0 saturated carbocycles. The fourth-order valence-electron chi connectivity index (χ4n) is 3.28. The first-order valence-corrected chi connectivity index (χ1v) is 11.2. The number of hydrogen-bond donors (Lipinski definition) is 5. The lowest BCUT2D eigenvalue weighted by Crippen LogP contribution is -2.63. The van der Waals surface area contributed by atoms with Gasteiger partial charge in [-0.25, -0.2) is 0 Å². The Balaban J connectivity index is 2.29. The van der Waals surface area contributed by atoms with Crippen molar-refractivity contribution in [1.82, 2.24) is 4.90 Å². The van der Waals surface area contributed by atoms with Crippen molar-refractivity contribution >= 4 is 23.5 Å². The summed E-state index contributed by atoms with van der Waals surface area (Å²) >= 11 is 0. The lowest BCUT2D eigenvalue weighted by Gasteiger charge is -2.40. The summed E-state index contributed by atoms with van der Waals surface area (Å²) in [4.78, 5) is 36.2. The van der Waals surface area contributed by atoms with E-state index in [9.17, 15) is 29.7 Å². The molecule has 0 bridgehead atoms. The summed E-state index contributed by atoms with van der Waals surface area (Å²) in [6.07, 6.45) is -8.62. The fraction of sp³-hybridized carbons (Fsp3) is 0.609. The van der Waals surface area contributed by atoms with Crippen LogP contribution in [0, 0.1) is 5.92 Å². The maximum Gasteiger partial charge on any atom is 0.323 e. The van der Waals surface area contributed by atoms with Crippen molar-refractivity contribution in [1.29, 1.82) is 0 Å². The van der Waals surface area contributed by atoms with Crippen molar-refractivity contribution in [2.24, 2.45) is 5.92 Å². The van der Waals surface area contributed by atoms with Crippen LogP contribution < -0.4 is 10.1 Å². The van der Waals surface area contributed by atoms with Gasteiger partial charge >= 0.3 is 11.9 Å². The van der Waals surface area contributed by atoms with Crippen molar-refractivity contribution < 1.29 is 49.0 Å². The summed E-state index contributed by atoms with van der Waals surface area (Å²) in [6.45, 7) is 6.50. The number of carbonyl (C=O) groups is 3. The van der Waals surface area contributed by atoms with Gasteiger partial charge in [-0.2, -0.15) is 0 Å². The molecule has 1 aromatic rings. The molecule has 0 radical (unpaired) electrons. The number of anilines is 1. The van der Waals surface area contributed by atoms with Gasteiger partial charge in [-0.05, 0) is 31.5 Å². The van der Waals surface area contributed by atoms with E-state index >= 15 is 0 Å². The lowest BCUT2D eigenvalue weighted by atomic mass is 9.98. The molecule has 12 heteroatoms. The van der Waals surface area contributed by atoms with Gasteiger partial charge in [-0.3, -0.25) is 14.4 Å². The second-order valence-corrected chi connectivity index (χ2v) is 8.99. The van der Waals surface area contributed by atoms with Crippen LogP contribution in [0.2, 0.25) is 0 Å². The number of likely N-dealkylation sites (N-methyl/N-ethyl adjacent to an activating group) is 1. The third-order valence-corrected chi connectivity index (χ3v) is 5.15. The van der Waals surface area contributed by atoms with Crippen LogP contribution >= 0.6 is 0 Å². The van der Waals surface area contributed by atoms with Gasteiger partial charge in [-0.1, -0.05) is 19.9 Å². The molecule has 1 heterocycles. The Bertz CT molecular complexity index is 906. The summed E-state index contributed by atoms with van der Waals surface area (Å²) in [6, 6.07) is 4.94. The molecule has 0 aromatic heterocycles. The number of ether oxygens (including phenoxy) is 3. The minimum Gasteiger partial charge on any atom is -0.480 e. The van der Waals surface area contributed by atoms with Gasteiger partial charge in [0.15, 0.2) is 6.10 Å². The molecule has 12 nitrogen and oxygen atoms in total. The minimum atomic E-state index is -1.82. The van der Waals surface area contributed by atoms with Gasteiger partial charge < -0.3 is 44.9 Å². The third-order valence-electron chi connectivity index (χ3n) is 5.15. The number of carbonyl (C=O) groups excluding carboxylic acids is 2. The first-order chi connectivity index (χ1) is 16.3. The number of aliphatic hydroxyl groups excluding tert-OH is 3. The summed E-state index contributed by atoms with van der Waals surface area (Å²) < 4.78 is 16.6. The van der Waals surface area contributed by atoms with Gasteiger partial charge in [0.25, 0.3) is 5.91 Å². The van der Waals surface area contributed by atoms with E-state index in [0.29, 0.717) is 11.3 Å². The molecule has 5 atom stereocenters. The van der Waals surface area contributed by atoms with E-state index in [2.05, 4.69) is 5.32 Å². The largest absolute Gasteiger partial charge is 0.480 e. The number of hydrogen-bond acceptors (Lipinski definition) is 10. The molecule has 1 aliphatic heterocycles. The number of esters is 1. The molecule has 1 saturated heterocycles. The minimum absolute atomic E-state index is 0.00873. The van der Waals surface area contributed by atoms with E-state index in [0.717, 1.165) is 4.90 Å². The SMILES string of the molecule is CC(C)Nc1ccc(COC(=O)C(C)C)cc1O[C@@H]1O[C@H](C(=O)N(C)CC(=O)O)[C@@H](O)[C@H](O)[C@H]1O. The average Bonchev–Trinajstić information content (AvgIpc) is 2.77. The number of rotatable bonds is 10. The molecule has 0 aliphatic carbocycles. The Labute approximate surface area is 203 Å². The summed E-state index contributed by atoms with van der Waals surface area (Å²) in [7, 11) is 1.20. The van der Waals surface area contributed by atoms with Gasteiger partial charge in [-0.15, -0.1) is 0 Å². The molecule has 1 amide bonds. The van der Waals surface area contributed by atoms with Gasteiger partial charge in [0.2, 0.25) is 6.29 Å². The molecular formula is C23H34N2O10. The predicted molar refractivity (Wildman–Crippen MR) is 122 cm³/mol. The molecule has 0 spiro atoms. The van der Waals surface area contributed by atoms with Gasteiger partial charge in [0, 0.05) is 13.1 Å². The molecular weight excluding hydrogens is 464 g/mol. The number of nitrogens with zero attached hydrogens (tertiary/aromatic N) is 1. The smallest absolute Gasteiger partial charge is 0.323 e. The van der Waals surface area contributed by atoms with Crippen LogP contribution in [0.4, 0.5) is 5.69 Å². The Hall–Kier alpha value is -2.93. The molecule has 35 heavy (non-hydrogen) atoms. The number of aliphatic hydroxyl groups is 3. The number of benzene rings is 1. The lowest BCUT2D eigenvalue weighted by molar-refractivity contribution is -0.268. The highest BCUT2D eigenvalue weighted by atomic mass is 16.7. The van der Waals surface area contributed by atoms with Crippen LogP contribution in [0.3, 0.4) is 0 Å². The van der Waals surface area contributed by atoms with Crippen molar-refractivity contribution in [3.05, 3.63) is 23.8 Å². The predicted octanol–water partition coefficient (Wildman–Crippen LogP) is -0.0645. The Morgan fingerprint density at radius 3 is 2.31 bits per heavy atom. The van der Waals surface area contributed by atoms with Gasteiger partial charge in [0.05, 0.1) is 11.6 Å². The maximum absolute atomic E-state index is 12.6. The molecule has 1 fully saturated rings. The number of nitrogens with one attached hydrogen (secondary N) is 1. The molecule has 196 valence electrons. The summed E-state index contributed by atoms with van der Waals surface area (Å²) in [5.41, 5.74) is 1.07. The van der Waals surface area contributed by atoms with Crippen LogP contribution in [-0.4, -0.2) is 93.5 Å². The van der Waals surface area contributed by atoms with Crippen LogP contribution in [-0.2, 0) is 30.5 Å². The number of amides is 1. The summed E-state index contributed by atoms with van der Waals surface area (Å²) in [5, 5.41) is 43.2. The number of carboxylic acid groups (broad SMARTS) is 1. The van der Waals surface area contributed by atoms with Crippen molar-refractivity contribution in [3.8, 4) is 5.75 Å². The van der Waals surface area contributed by atoms with E-state index in [1.807, 2.05) is 13.8 Å². The fourth-order valence-corrected chi connectivity index (χ4v) is 3.28. The highest BCUT2D eigenvalue weighted by Gasteiger charge is 2.49. The monoisotopic (exact) mass is 498 g/mol. The zero-order chi connectivity index (χ0) is 26.4. The number of carboxylic acids is 1. The summed E-state index contributed by atoms with van der Waals surface area (Å²) in [5.74, 6) is -2.70. The third kappa shape index (κ3) is 7.52. The molecule has 5 N–H and O–H groups in total. The van der Waals surface area contributed by atoms with E-state index in [4.69, 9.17) is 19.3 Å². The van der Waals surface area contributed by atoms with E-state index in [1.165, 1.54) is 7.05 Å². The second-order valence-electron chi connectivity index (χ2n) is 8.99. The van der Waals surface area contributed by atoms with E-state index in [-0.39, 0.29) is 30.3 Å². The standard InChI is InChI=1S/C23H34N2O10/c1-11(2)22(32)33-10-13-6-7-14(24-12(3)4)15(8-13)34-23-19(30)17(28)18(29)20(35-23)21(31)25(5)9-16(26)27/h6-8,11-12,17-20,23-24,28-30H,9-10H2,1-5H3,(H,26,27)/t17-,18-,19+,20-,23+/m0/s1. The van der Waals surface area contributed by atoms with Crippen molar-refractivity contribution in [3.63, 3.8) is 0 Å². The normalized spacial score (nSPS) is 24.2. The number of aliphatic carboxylic acids is 1. The average molecular weight is 499 g/mol. The van der Waals surface area contributed by atoms with Crippen LogP contribution in [0.15, 0.2) is 18.2 Å². The van der Waals surface area contributed by atoms with E-state index < -0.39 is 49.1 Å². The van der Waals surface area contributed by atoms with Crippen LogP contribution in [0.5, 0.6) is 5.75 Å². The van der Waals surface area contributed by atoms with Crippen LogP contribution in [0.1, 0.15) is 33.3 Å². The highest BCUT2D eigenvalue weighted by molar-refractivity contribution is 5.85. The first kappa shape index (κ1) is 28.3. The van der Waals surface area contributed by atoms with Crippen LogP contribution in [0.25, 0.3) is 0 Å². The van der Waals surface area contributed by atoms with E-state index in [1.54, 1.807) is 32.0 Å². The Morgan fingerprint density at radius 1 is 1.09 bits per heavy atom.